The van der Waals surface area contributed by atoms with Crippen LogP contribution in [0, 0.1) is 17.8 Å². The Hall–Kier alpha value is -1.79. The van der Waals surface area contributed by atoms with Crippen molar-refractivity contribution < 1.29 is 4.79 Å². The number of likely N-dealkylation sites (tertiary alicyclic amines) is 1. The van der Waals surface area contributed by atoms with E-state index >= 15 is 0 Å². The molecule has 2 N–H and O–H groups in total. The first-order valence-corrected chi connectivity index (χ1v) is 7.33. The Balaban J connectivity index is 2.13. The van der Waals surface area contributed by atoms with Gasteiger partial charge in [-0.15, -0.1) is 0 Å². The average Bonchev–Trinajstić information content (AvgIpc) is 2.52. The molecule has 1 fully saturated rings. The molecular weight excluding hydrogens is 248 g/mol. The highest BCUT2D eigenvalue weighted by molar-refractivity contribution is 5.96. The highest BCUT2D eigenvalue weighted by atomic mass is 16.2. The van der Waals surface area contributed by atoms with Crippen molar-refractivity contribution >= 4 is 5.91 Å². The van der Waals surface area contributed by atoms with Gasteiger partial charge in [0, 0.05) is 18.7 Å². The number of amides is 1. The Labute approximate surface area is 121 Å². The van der Waals surface area contributed by atoms with Crippen molar-refractivity contribution in [2.24, 2.45) is 11.7 Å². The lowest BCUT2D eigenvalue weighted by atomic mass is 9.94. The van der Waals surface area contributed by atoms with Crippen LogP contribution in [0.15, 0.2) is 24.3 Å². The van der Waals surface area contributed by atoms with Gasteiger partial charge in [0.2, 0.25) is 0 Å². The summed E-state index contributed by atoms with van der Waals surface area (Å²) in [5.74, 6) is 6.68. The maximum Gasteiger partial charge on any atom is 0.255 e. The summed E-state index contributed by atoms with van der Waals surface area (Å²) in [6.45, 7) is 4.25. The van der Waals surface area contributed by atoms with Crippen LogP contribution in [0.5, 0.6) is 0 Å². The van der Waals surface area contributed by atoms with Crippen molar-refractivity contribution in [2.45, 2.75) is 26.2 Å². The number of carbonyl (C=O) groups excluding carboxylic acids is 1. The van der Waals surface area contributed by atoms with Gasteiger partial charge in [0.25, 0.3) is 5.91 Å². The summed E-state index contributed by atoms with van der Waals surface area (Å²) < 4.78 is 0. The van der Waals surface area contributed by atoms with E-state index in [9.17, 15) is 4.79 Å². The number of nitrogens with zero attached hydrogens (tertiary/aromatic N) is 1. The fourth-order valence-corrected chi connectivity index (χ4v) is 2.64. The Morgan fingerprint density at radius 3 is 2.70 bits per heavy atom. The topological polar surface area (TPSA) is 46.3 Å². The van der Waals surface area contributed by atoms with Crippen LogP contribution in [-0.2, 0) is 0 Å². The molecule has 106 valence electrons. The Morgan fingerprint density at radius 2 is 2.05 bits per heavy atom. The first-order valence-electron chi connectivity index (χ1n) is 7.33. The molecule has 1 aromatic carbocycles. The molecule has 1 aliphatic rings. The molecule has 0 atom stereocenters. The Kier molecular flexibility index (Phi) is 5.20. The molecule has 20 heavy (non-hydrogen) atoms. The van der Waals surface area contributed by atoms with E-state index < -0.39 is 0 Å². The number of hydrogen-bond acceptors (Lipinski definition) is 2. The number of hydrogen-bond donors (Lipinski definition) is 1. The van der Waals surface area contributed by atoms with Gasteiger partial charge in [-0.05, 0) is 30.9 Å². The normalized spacial score (nSPS) is 15.6. The van der Waals surface area contributed by atoms with Crippen LogP contribution in [0.1, 0.15) is 42.1 Å². The minimum atomic E-state index is 0.0986. The third-order valence-electron chi connectivity index (χ3n) is 3.96. The molecule has 2 rings (SSSR count). The van der Waals surface area contributed by atoms with Gasteiger partial charge in [-0.25, -0.2) is 0 Å². The van der Waals surface area contributed by atoms with Gasteiger partial charge in [-0.3, -0.25) is 4.79 Å². The second kappa shape index (κ2) is 7.12. The van der Waals surface area contributed by atoms with Crippen LogP contribution in [0.25, 0.3) is 0 Å². The summed E-state index contributed by atoms with van der Waals surface area (Å²) in [7, 11) is 0. The molecule has 1 saturated heterocycles. The number of carbonyl (C=O) groups is 1. The molecule has 0 aliphatic carbocycles. The third kappa shape index (κ3) is 3.40. The molecule has 0 spiro atoms. The SMILES string of the molecule is CCC1CCN(C(=O)c2ccccc2C#CCN)CC1. The summed E-state index contributed by atoms with van der Waals surface area (Å²) in [5, 5.41) is 0. The molecule has 0 aromatic heterocycles. The van der Waals surface area contributed by atoms with Crippen LogP contribution >= 0.6 is 0 Å². The fraction of sp³-hybridized carbons (Fsp3) is 0.471. The van der Waals surface area contributed by atoms with E-state index in [1.165, 1.54) is 6.42 Å². The molecule has 1 aliphatic heterocycles. The second-order valence-corrected chi connectivity index (χ2v) is 5.20. The Bertz CT molecular complexity index is 519. The molecule has 0 bridgehead atoms. The lowest BCUT2D eigenvalue weighted by molar-refractivity contribution is 0.0688. The van der Waals surface area contributed by atoms with Crippen molar-refractivity contribution in [2.75, 3.05) is 19.6 Å². The van der Waals surface area contributed by atoms with Crippen LogP contribution in [0.4, 0.5) is 0 Å². The molecule has 3 heteroatoms. The van der Waals surface area contributed by atoms with Gasteiger partial charge < -0.3 is 10.6 Å². The number of rotatable bonds is 2. The van der Waals surface area contributed by atoms with E-state index in [-0.39, 0.29) is 5.91 Å². The smallest absolute Gasteiger partial charge is 0.255 e. The summed E-state index contributed by atoms with van der Waals surface area (Å²) in [6, 6.07) is 7.53. The van der Waals surface area contributed by atoms with Crippen molar-refractivity contribution in [3.05, 3.63) is 35.4 Å². The monoisotopic (exact) mass is 270 g/mol. The summed E-state index contributed by atoms with van der Waals surface area (Å²) >= 11 is 0. The number of piperidine rings is 1. The van der Waals surface area contributed by atoms with Gasteiger partial charge in [0.05, 0.1) is 12.1 Å². The van der Waals surface area contributed by atoms with Gasteiger partial charge in [0.1, 0.15) is 0 Å². The summed E-state index contributed by atoms with van der Waals surface area (Å²) in [6.07, 6.45) is 3.43. The van der Waals surface area contributed by atoms with Crippen molar-refractivity contribution in [1.82, 2.24) is 4.90 Å². The number of nitrogens with two attached hydrogens (primary N) is 1. The van der Waals surface area contributed by atoms with Crippen LogP contribution in [0.3, 0.4) is 0 Å². The standard InChI is InChI=1S/C17H22N2O/c1-2-14-9-12-19(13-10-14)17(20)16-8-4-3-6-15(16)7-5-11-18/h3-4,6,8,14H,2,9-13,18H2,1H3. The molecule has 3 nitrogen and oxygen atoms in total. The minimum absolute atomic E-state index is 0.0986. The largest absolute Gasteiger partial charge is 0.339 e. The molecule has 0 unspecified atom stereocenters. The van der Waals surface area contributed by atoms with E-state index in [1.54, 1.807) is 0 Å². The molecule has 0 saturated carbocycles. The first-order chi connectivity index (χ1) is 9.76. The first kappa shape index (κ1) is 14.6. The lowest BCUT2D eigenvalue weighted by Gasteiger charge is -2.31. The molecular formula is C17H22N2O. The third-order valence-corrected chi connectivity index (χ3v) is 3.96. The van der Waals surface area contributed by atoms with Crippen LogP contribution in [-0.4, -0.2) is 30.4 Å². The second-order valence-electron chi connectivity index (χ2n) is 5.20. The summed E-state index contributed by atoms with van der Waals surface area (Å²) in [5.41, 5.74) is 6.88. The van der Waals surface area contributed by atoms with Crippen LogP contribution in [0.2, 0.25) is 0 Å². The Morgan fingerprint density at radius 1 is 1.35 bits per heavy atom. The van der Waals surface area contributed by atoms with E-state index in [4.69, 9.17) is 5.73 Å². The zero-order chi connectivity index (χ0) is 14.4. The molecule has 1 aromatic rings. The van der Waals surface area contributed by atoms with E-state index in [0.717, 1.165) is 37.4 Å². The van der Waals surface area contributed by atoms with Gasteiger partial charge in [-0.1, -0.05) is 37.3 Å². The van der Waals surface area contributed by atoms with Gasteiger partial charge >= 0.3 is 0 Å². The molecule has 1 amide bonds. The maximum atomic E-state index is 12.6. The van der Waals surface area contributed by atoms with Gasteiger partial charge in [0.15, 0.2) is 0 Å². The fourth-order valence-electron chi connectivity index (χ4n) is 2.64. The van der Waals surface area contributed by atoms with E-state index in [0.29, 0.717) is 12.1 Å². The average molecular weight is 270 g/mol. The number of benzene rings is 1. The summed E-state index contributed by atoms with van der Waals surface area (Å²) in [4.78, 5) is 14.6. The van der Waals surface area contributed by atoms with Crippen molar-refractivity contribution in [3.8, 4) is 11.8 Å². The zero-order valence-corrected chi connectivity index (χ0v) is 12.1. The molecule has 1 heterocycles. The highest BCUT2D eigenvalue weighted by Gasteiger charge is 2.23. The zero-order valence-electron chi connectivity index (χ0n) is 12.1. The highest BCUT2D eigenvalue weighted by Crippen LogP contribution is 2.22. The maximum absolute atomic E-state index is 12.6. The van der Waals surface area contributed by atoms with E-state index in [2.05, 4.69) is 18.8 Å². The predicted octanol–water partition coefficient (Wildman–Crippen LogP) is 2.26. The van der Waals surface area contributed by atoms with Crippen molar-refractivity contribution in [3.63, 3.8) is 0 Å². The minimum Gasteiger partial charge on any atom is -0.339 e. The molecule has 0 radical (unpaired) electrons. The van der Waals surface area contributed by atoms with E-state index in [1.807, 2.05) is 29.2 Å². The predicted molar refractivity (Wildman–Crippen MR) is 81.3 cm³/mol. The van der Waals surface area contributed by atoms with Crippen LogP contribution < -0.4 is 5.73 Å². The quantitative estimate of drug-likeness (QED) is 0.838. The lowest BCUT2D eigenvalue weighted by Crippen LogP contribution is -2.38. The van der Waals surface area contributed by atoms with Gasteiger partial charge in [-0.2, -0.15) is 0 Å². The van der Waals surface area contributed by atoms with Crippen molar-refractivity contribution in [1.29, 1.82) is 0 Å².